The Bertz CT molecular complexity index is 1240. The zero-order valence-electron chi connectivity index (χ0n) is 18.2. The maximum Gasteiger partial charge on any atom is 0.336 e. The van der Waals surface area contributed by atoms with E-state index in [-0.39, 0.29) is 45.7 Å². The van der Waals surface area contributed by atoms with Crippen molar-refractivity contribution in [2.24, 2.45) is 0 Å². The normalized spacial score (nSPS) is 10.7. The molecule has 33 heavy (non-hydrogen) atoms. The number of nitrogens with zero attached hydrogens (tertiary/aromatic N) is 6. The Labute approximate surface area is 187 Å². The van der Waals surface area contributed by atoms with Crippen molar-refractivity contribution >= 4 is 0 Å². The summed E-state index contributed by atoms with van der Waals surface area (Å²) in [6.07, 6.45) is 5.41. The van der Waals surface area contributed by atoms with Gasteiger partial charge in [0.15, 0.2) is 0 Å². The first-order valence-corrected chi connectivity index (χ1v) is 10.1. The Hall–Kier alpha value is -4.22. The number of rotatable bonds is 12. The average molecular weight is 458 g/mol. The monoisotopic (exact) mass is 458 g/mol. The van der Waals surface area contributed by atoms with Crippen molar-refractivity contribution in [3.05, 3.63) is 114 Å². The Kier molecular flexibility index (Phi) is 8.26. The van der Waals surface area contributed by atoms with Crippen molar-refractivity contribution in [2.75, 3.05) is 0 Å². The molecule has 0 spiro atoms. The number of aromatic nitrogens is 6. The van der Waals surface area contributed by atoms with Gasteiger partial charge >= 0.3 is 34.1 Å². The summed E-state index contributed by atoms with van der Waals surface area (Å²) >= 11 is 0. The molecule has 2 aromatic heterocycles. The zero-order valence-corrected chi connectivity index (χ0v) is 18.2. The van der Waals surface area contributed by atoms with E-state index in [1.165, 1.54) is 24.3 Å². The molecule has 0 atom stereocenters. The van der Waals surface area contributed by atoms with Gasteiger partial charge in [0.1, 0.15) is 0 Å². The molecule has 2 heterocycles. The van der Waals surface area contributed by atoms with Gasteiger partial charge in [0, 0.05) is 13.1 Å². The van der Waals surface area contributed by atoms with Crippen LogP contribution in [0.4, 0.5) is 0 Å². The second-order valence-electron chi connectivity index (χ2n) is 6.95. The third-order valence-corrected chi connectivity index (χ3v) is 4.78. The van der Waals surface area contributed by atoms with Crippen LogP contribution >= 0.6 is 0 Å². The van der Waals surface area contributed by atoms with E-state index < -0.39 is 34.1 Å². The lowest BCUT2D eigenvalue weighted by molar-refractivity contribution is 0.425. The first kappa shape index (κ1) is 25.0. The fourth-order valence-corrected chi connectivity index (χ4v) is 3.28. The van der Waals surface area contributed by atoms with Crippen LogP contribution in [-0.2, 0) is 39.3 Å². The van der Waals surface area contributed by atoms with E-state index in [1.54, 1.807) is 0 Å². The summed E-state index contributed by atoms with van der Waals surface area (Å²) < 4.78 is 5.11. The van der Waals surface area contributed by atoms with Gasteiger partial charge in [0.25, 0.3) is 0 Å². The van der Waals surface area contributed by atoms with Crippen LogP contribution in [0.3, 0.4) is 0 Å². The Balaban J connectivity index is 2.53. The van der Waals surface area contributed by atoms with E-state index in [4.69, 9.17) is 0 Å². The van der Waals surface area contributed by atoms with Gasteiger partial charge in [-0.05, 0) is 6.42 Å². The quantitative estimate of drug-likeness (QED) is 0.355. The minimum absolute atomic E-state index is 0.0189. The smallest absolute Gasteiger partial charge is 0.247 e. The summed E-state index contributed by atoms with van der Waals surface area (Å²) in [5.41, 5.74) is -4.92. The van der Waals surface area contributed by atoms with Crippen molar-refractivity contribution in [1.82, 2.24) is 27.4 Å². The number of hydrogen-bond acceptors (Lipinski definition) is 6. The largest absolute Gasteiger partial charge is 0.336 e. The second-order valence-corrected chi connectivity index (χ2v) is 6.95. The fraction of sp³-hybridized carbons (Fsp3) is 0.333. The molecule has 0 N–H and O–H groups in total. The highest BCUT2D eigenvalue weighted by molar-refractivity contribution is 4.86. The van der Waals surface area contributed by atoms with Gasteiger partial charge in [0.05, 0.1) is 26.2 Å². The molecule has 0 aromatic carbocycles. The predicted octanol–water partition coefficient (Wildman–Crippen LogP) is -1.51. The number of hydrogen-bond donors (Lipinski definition) is 0. The average Bonchev–Trinajstić information content (AvgIpc) is 2.79. The van der Waals surface area contributed by atoms with Gasteiger partial charge < -0.3 is 0 Å². The molecular formula is C21H26N6O6. The predicted molar refractivity (Wildman–Crippen MR) is 124 cm³/mol. The fourth-order valence-electron chi connectivity index (χ4n) is 3.28. The van der Waals surface area contributed by atoms with Crippen LogP contribution in [0.15, 0.2) is 79.4 Å². The first-order chi connectivity index (χ1) is 15.7. The minimum atomic E-state index is -0.835. The second kappa shape index (κ2) is 10.9. The highest BCUT2D eigenvalue weighted by Gasteiger charge is 2.16. The Morgan fingerprint density at radius 1 is 0.424 bits per heavy atom. The van der Waals surface area contributed by atoms with Gasteiger partial charge in [-0.15, -0.1) is 26.3 Å². The van der Waals surface area contributed by atoms with Crippen molar-refractivity contribution in [3.63, 3.8) is 0 Å². The van der Waals surface area contributed by atoms with Crippen LogP contribution in [0.1, 0.15) is 6.42 Å². The van der Waals surface area contributed by atoms with Crippen LogP contribution in [0.5, 0.6) is 0 Å². The van der Waals surface area contributed by atoms with Crippen LogP contribution in [-0.4, -0.2) is 27.4 Å². The van der Waals surface area contributed by atoms with E-state index in [1.807, 2.05) is 0 Å². The lowest BCUT2D eigenvalue weighted by Gasteiger charge is -2.14. The van der Waals surface area contributed by atoms with E-state index in [9.17, 15) is 28.8 Å². The van der Waals surface area contributed by atoms with Crippen LogP contribution in [0.25, 0.3) is 0 Å². The lowest BCUT2D eigenvalue weighted by Crippen LogP contribution is -2.55. The molecule has 0 radical (unpaired) electrons. The molecule has 0 bridgehead atoms. The maximum absolute atomic E-state index is 12.7. The minimum Gasteiger partial charge on any atom is -0.247 e. The molecule has 0 unspecified atom stereocenters. The van der Waals surface area contributed by atoms with Crippen LogP contribution < -0.4 is 34.1 Å². The van der Waals surface area contributed by atoms with Gasteiger partial charge in [-0.3, -0.25) is 0 Å². The molecular weight excluding hydrogens is 432 g/mol. The van der Waals surface area contributed by atoms with Crippen LogP contribution in [0, 0.1) is 0 Å². The highest BCUT2D eigenvalue weighted by atomic mass is 16.2. The van der Waals surface area contributed by atoms with Crippen molar-refractivity contribution in [3.8, 4) is 0 Å². The summed E-state index contributed by atoms with van der Waals surface area (Å²) in [6, 6.07) is 0. The summed E-state index contributed by atoms with van der Waals surface area (Å²) in [7, 11) is 0. The topological polar surface area (TPSA) is 132 Å². The molecule has 0 aliphatic rings. The van der Waals surface area contributed by atoms with E-state index >= 15 is 0 Å². The maximum atomic E-state index is 12.7. The third kappa shape index (κ3) is 4.84. The molecule has 12 heteroatoms. The molecule has 12 nitrogen and oxygen atoms in total. The van der Waals surface area contributed by atoms with Gasteiger partial charge in [-0.1, -0.05) is 24.3 Å². The molecule has 2 rings (SSSR count). The summed E-state index contributed by atoms with van der Waals surface area (Å²) in [5, 5.41) is 0. The zero-order chi connectivity index (χ0) is 24.7. The SMILES string of the molecule is C=CCn1c(=O)n(CC=C)c(=O)n(CCCn2c(=O)n(CC=C)c(=O)n(CC=C)c2=O)c1=O. The van der Waals surface area contributed by atoms with Crippen molar-refractivity contribution < 1.29 is 0 Å². The molecule has 0 saturated carbocycles. The molecule has 2 aromatic rings. The molecule has 0 aliphatic carbocycles. The Morgan fingerprint density at radius 2 is 0.636 bits per heavy atom. The molecule has 176 valence electrons. The van der Waals surface area contributed by atoms with Crippen LogP contribution in [0.2, 0.25) is 0 Å². The van der Waals surface area contributed by atoms with Gasteiger partial charge in [-0.25, -0.2) is 56.2 Å². The van der Waals surface area contributed by atoms with E-state index in [0.717, 1.165) is 27.4 Å². The Morgan fingerprint density at radius 3 is 0.848 bits per heavy atom. The molecule has 0 amide bonds. The first-order valence-electron chi connectivity index (χ1n) is 10.1. The highest BCUT2D eigenvalue weighted by Crippen LogP contribution is 1.88. The molecule has 0 saturated heterocycles. The number of allylic oxidation sites excluding steroid dienone is 4. The molecule has 0 fully saturated rings. The lowest BCUT2D eigenvalue weighted by atomic mass is 10.4. The van der Waals surface area contributed by atoms with E-state index in [0.29, 0.717) is 0 Å². The van der Waals surface area contributed by atoms with Crippen molar-refractivity contribution in [1.29, 1.82) is 0 Å². The summed E-state index contributed by atoms with van der Waals surface area (Å²) in [4.78, 5) is 75.6. The summed E-state index contributed by atoms with van der Waals surface area (Å²) in [6.45, 7) is 13.3. The standard InChI is InChI=1S/C21H26N6O6/c1-5-10-22-16(28)23(11-6-2)19(31)26(18(22)30)14-9-15-27-20(32)24(12-7-3)17(29)25(13-8-4)21(27)33/h5-8H,1-4,9-15H2. The summed E-state index contributed by atoms with van der Waals surface area (Å²) in [5.74, 6) is 0. The molecule has 0 aliphatic heterocycles. The van der Waals surface area contributed by atoms with E-state index in [2.05, 4.69) is 26.3 Å². The third-order valence-electron chi connectivity index (χ3n) is 4.78. The van der Waals surface area contributed by atoms with Gasteiger partial charge in [-0.2, -0.15) is 0 Å². The van der Waals surface area contributed by atoms with Gasteiger partial charge in [0.2, 0.25) is 0 Å². The van der Waals surface area contributed by atoms with Crippen molar-refractivity contribution in [2.45, 2.75) is 45.7 Å².